The van der Waals surface area contributed by atoms with Gasteiger partial charge in [-0.25, -0.2) is 0 Å². The van der Waals surface area contributed by atoms with Gasteiger partial charge in [0.25, 0.3) is 5.91 Å². The number of benzene rings is 2. The molecule has 4 rings (SSSR count). The Balaban J connectivity index is 1.55. The third kappa shape index (κ3) is 11.4. The lowest BCUT2D eigenvalue weighted by Gasteiger charge is -2.30. The van der Waals surface area contributed by atoms with Crippen LogP contribution in [0.2, 0.25) is 5.02 Å². The number of fused-ring (bicyclic) bond motifs is 1. The number of carbonyl (C=O) groups is 6. The molecule has 2 aromatic rings. The molecule has 51 heavy (non-hydrogen) atoms. The lowest BCUT2D eigenvalue weighted by atomic mass is 10.0. The van der Waals surface area contributed by atoms with E-state index in [4.69, 9.17) is 16.3 Å². The Morgan fingerprint density at radius 2 is 1.61 bits per heavy atom. The molecule has 2 fully saturated rings. The van der Waals surface area contributed by atoms with Gasteiger partial charge in [-0.3, -0.25) is 28.8 Å². The van der Waals surface area contributed by atoms with E-state index in [-0.39, 0.29) is 38.3 Å². The number of nitrogens with one attached hydrogen (secondary N) is 5. The van der Waals surface area contributed by atoms with Crippen LogP contribution in [0.1, 0.15) is 57.9 Å². The van der Waals surface area contributed by atoms with Gasteiger partial charge in [-0.2, -0.15) is 0 Å². The lowest BCUT2D eigenvalue weighted by molar-refractivity contribution is -0.142. The molecule has 2 saturated heterocycles. The van der Waals surface area contributed by atoms with Gasteiger partial charge >= 0.3 is 0 Å². The summed E-state index contributed by atoms with van der Waals surface area (Å²) in [6.45, 7) is 3.19. The molecular formula is C36H47ClN6O8. The smallest absolute Gasteiger partial charge is 0.258 e. The summed E-state index contributed by atoms with van der Waals surface area (Å²) in [5, 5.41) is 24.6. The summed E-state index contributed by atoms with van der Waals surface area (Å²) < 4.78 is 5.52. The molecule has 0 aliphatic carbocycles. The van der Waals surface area contributed by atoms with Crippen molar-refractivity contribution in [3.05, 3.63) is 65.2 Å². The van der Waals surface area contributed by atoms with Crippen LogP contribution in [0, 0.1) is 0 Å². The first kappa shape index (κ1) is 39.1. The molecule has 276 valence electrons. The zero-order valence-electron chi connectivity index (χ0n) is 28.9. The Kier molecular flexibility index (Phi) is 14.6. The van der Waals surface area contributed by atoms with Crippen LogP contribution >= 0.6 is 11.6 Å². The molecule has 15 heteroatoms. The molecule has 0 saturated carbocycles. The van der Waals surface area contributed by atoms with Crippen molar-refractivity contribution in [1.82, 2.24) is 31.5 Å². The molecule has 0 unspecified atom stereocenters. The fraction of sp³-hybridized carbons (Fsp3) is 0.500. The first-order valence-corrected chi connectivity index (χ1v) is 17.7. The quantitative estimate of drug-likeness (QED) is 0.232. The van der Waals surface area contributed by atoms with Crippen LogP contribution in [0.15, 0.2) is 54.6 Å². The van der Waals surface area contributed by atoms with Crippen LogP contribution in [0.4, 0.5) is 0 Å². The first-order chi connectivity index (χ1) is 24.5. The van der Waals surface area contributed by atoms with E-state index in [1.165, 1.54) is 11.8 Å². The van der Waals surface area contributed by atoms with E-state index < -0.39 is 65.8 Å². The predicted octanol–water partition coefficient (Wildman–Crippen LogP) is 0.983. The van der Waals surface area contributed by atoms with Crippen LogP contribution in [-0.2, 0) is 35.2 Å². The number of aliphatic hydroxyl groups excluding tert-OH is 1. The largest absolute Gasteiger partial charge is 0.484 e. The van der Waals surface area contributed by atoms with Gasteiger partial charge in [0, 0.05) is 24.5 Å². The number of rotatable bonds is 8. The standard InChI is InChI=1S/C36H47ClN6O8/c1-3-26-32(46)42-31(22(2)44)35(49)41-28(20-23-10-5-4-6-11-23)36(50)43-19-9-13-29(43)34(48)38-18-8-7-12-27(33(47)40-26)39-30(45)21-51-25-16-14-24(37)15-17-25/h4-6,10-11,14-17,22,26-29,31,44H,3,7-9,12-13,18-21H2,1-2H3,(H,38,48)(H,39,45)(H,40,47)(H,41,49)(H,42,46)/t22-,26+,27+,28-,29+,31+/m1/s1. The monoisotopic (exact) mass is 726 g/mol. The van der Waals surface area contributed by atoms with Gasteiger partial charge in [0.2, 0.25) is 29.5 Å². The number of ether oxygens (including phenoxy) is 1. The van der Waals surface area contributed by atoms with Crippen LogP contribution in [-0.4, -0.2) is 101 Å². The highest BCUT2D eigenvalue weighted by atomic mass is 35.5. The summed E-state index contributed by atoms with van der Waals surface area (Å²) in [5.74, 6) is -3.12. The summed E-state index contributed by atoms with van der Waals surface area (Å²) >= 11 is 5.91. The van der Waals surface area contributed by atoms with Crippen LogP contribution in [0.25, 0.3) is 0 Å². The molecule has 6 amide bonds. The van der Waals surface area contributed by atoms with Crippen LogP contribution in [0.3, 0.4) is 0 Å². The molecule has 2 aliphatic heterocycles. The van der Waals surface area contributed by atoms with E-state index in [0.29, 0.717) is 43.0 Å². The van der Waals surface area contributed by atoms with Gasteiger partial charge < -0.3 is 41.3 Å². The van der Waals surface area contributed by atoms with Gasteiger partial charge in [-0.1, -0.05) is 48.9 Å². The molecule has 2 aliphatic rings. The summed E-state index contributed by atoms with van der Waals surface area (Å²) in [4.78, 5) is 82.3. The van der Waals surface area contributed by atoms with E-state index in [9.17, 15) is 33.9 Å². The maximum atomic E-state index is 14.0. The molecular weight excluding hydrogens is 680 g/mol. The lowest BCUT2D eigenvalue weighted by Crippen LogP contribution is -2.61. The van der Waals surface area contributed by atoms with E-state index >= 15 is 0 Å². The maximum absolute atomic E-state index is 14.0. The Bertz CT molecular complexity index is 1530. The van der Waals surface area contributed by atoms with Gasteiger partial charge in [0.05, 0.1) is 6.10 Å². The molecule has 2 heterocycles. The van der Waals surface area contributed by atoms with Gasteiger partial charge in [0.1, 0.15) is 36.0 Å². The third-order valence-electron chi connectivity index (χ3n) is 8.89. The molecule has 0 spiro atoms. The second-order valence-electron chi connectivity index (χ2n) is 12.8. The number of amides is 6. The van der Waals surface area contributed by atoms with Crippen molar-refractivity contribution in [3.8, 4) is 5.75 Å². The van der Waals surface area contributed by atoms with E-state index in [0.717, 1.165) is 5.56 Å². The molecule has 2 aromatic carbocycles. The van der Waals surface area contributed by atoms with Crippen molar-refractivity contribution in [2.75, 3.05) is 19.7 Å². The van der Waals surface area contributed by atoms with Gasteiger partial charge in [-0.15, -0.1) is 0 Å². The van der Waals surface area contributed by atoms with Crippen molar-refractivity contribution in [1.29, 1.82) is 0 Å². The summed E-state index contributed by atoms with van der Waals surface area (Å²) in [7, 11) is 0. The Hall–Kier alpha value is -4.69. The highest BCUT2D eigenvalue weighted by molar-refractivity contribution is 6.30. The van der Waals surface area contributed by atoms with E-state index in [2.05, 4.69) is 26.6 Å². The molecule has 14 nitrogen and oxygen atoms in total. The second-order valence-corrected chi connectivity index (χ2v) is 13.2. The van der Waals surface area contributed by atoms with Gasteiger partial charge in [-0.05, 0) is 75.3 Å². The van der Waals surface area contributed by atoms with Crippen LogP contribution < -0.4 is 31.3 Å². The number of nitrogens with zero attached hydrogens (tertiary/aromatic N) is 1. The summed E-state index contributed by atoms with van der Waals surface area (Å²) in [6, 6.07) is 10.0. The van der Waals surface area contributed by atoms with Crippen molar-refractivity contribution in [3.63, 3.8) is 0 Å². The average molecular weight is 727 g/mol. The zero-order chi connectivity index (χ0) is 36.9. The zero-order valence-corrected chi connectivity index (χ0v) is 29.6. The molecule has 6 N–H and O–H groups in total. The number of halogens is 1. The topological polar surface area (TPSA) is 195 Å². The van der Waals surface area contributed by atoms with Gasteiger partial charge in [0.15, 0.2) is 6.61 Å². The predicted molar refractivity (Wildman–Crippen MR) is 188 cm³/mol. The second kappa shape index (κ2) is 19.1. The molecule has 0 radical (unpaired) electrons. The molecule has 0 bridgehead atoms. The van der Waals surface area contributed by atoms with E-state index in [1.54, 1.807) is 43.3 Å². The summed E-state index contributed by atoms with van der Waals surface area (Å²) in [6.07, 6.45) is 0.982. The fourth-order valence-corrected chi connectivity index (χ4v) is 6.21. The van der Waals surface area contributed by atoms with Crippen molar-refractivity contribution in [2.24, 2.45) is 0 Å². The minimum absolute atomic E-state index is 0.113. The average Bonchev–Trinajstić information content (AvgIpc) is 3.61. The Morgan fingerprint density at radius 3 is 2.29 bits per heavy atom. The highest BCUT2D eigenvalue weighted by Gasteiger charge is 2.39. The number of carbonyl (C=O) groups excluding carboxylic acids is 6. The third-order valence-corrected chi connectivity index (χ3v) is 9.15. The number of aliphatic hydroxyl groups is 1. The van der Waals surface area contributed by atoms with Crippen LogP contribution in [0.5, 0.6) is 5.75 Å². The maximum Gasteiger partial charge on any atom is 0.258 e. The molecule has 0 aromatic heterocycles. The normalized spacial score (nSPS) is 24.7. The number of hydrogen-bond acceptors (Lipinski definition) is 8. The van der Waals surface area contributed by atoms with E-state index in [1.807, 2.05) is 18.2 Å². The Morgan fingerprint density at radius 1 is 0.902 bits per heavy atom. The van der Waals surface area contributed by atoms with Crippen molar-refractivity contribution >= 4 is 47.0 Å². The highest BCUT2D eigenvalue weighted by Crippen LogP contribution is 2.20. The minimum Gasteiger partial charge on any atom is -0.484 e. The first-order valence-electron chi connectivity index (χ1n) is 17.4. The fourth-order valence-electron chi connectivity index (χ4n) is 6.09. The minimum atomic E-state index is -1.48. The number of hydrogen-bond donors (Lipinski definition) is 6. The summed E-state index contributed by atoms with van der Waals surface area (Å²) in [5.41, 5.74) is 0.763. The SMILES string of the molecule is CC[C@@H]1NC(=O)[C@@H](NC(=O)COc2ccc(Cl)cc2)CCCCNC(=O)[C@@H]2CCCN2C(=O)[C@@H](Cc2ccccc2)NC(=O)[C@H]([C@@H](C)O)NC1=O. The molecule has 6 atom stereocenters. The van der Waals surface area contributed by atoms with Crippen molar-refractivity contribution < 1.29 is 38.6 Å². The van der Waals surface area contributed by atoms with Crippen molar-refractivity contribution in [2.45, 2.75) is 95.1 Å². The Labute approximate surface area is 302 Å².